The molecule has 0 heterocycles. The lowest BCUT2D eigenvalue weighted by molar-refractivity contribution is -0.309. The van der Waals surface area contributed by atoms with Crippen molar-refractivity contribution in [3.63, 3.8) is 0 Å². The van der Waals surface area contributed by atoms with E-state index < -0.39 is 0 Å². The van der Waals surface area contributed by atoms with Crippen molar-refractivity contribution >= 4 is 11.9 Å². The Labute approximate surface area is 311 Å². The molecule has 0 aliphatic heterocycles. The van der Waals surface area contributed by atoms with Crippen molar-refractivity contribution in [2.24, 2.45) is 17.8 Å². The molecule has 3 saturated carbocycles. The Bertz CT molecular complexity index is 918. The van der Waals surface area contributed by atoms with Crippen LogP contribution in [-0.2, 0) is 42.9 Å². The van der Waals surface area contributed by atoms with Crippen molar-refractivity contribution in [1.82, 2.24) is 0 Å². The second-order valence-electron chi connectivity index (χ2n) is 14.4. The third-order valence-corrected chi connectivity index (χ3v) is 10.7. The monoisotopic (exact) mass is 748 g/mol. The quantitative estimate of drug-likeness (QED) is 0.0302. The van der Waals surface area contributed by atoms with Gasteiger partial charge in [-0.05, 0) is 127 Å². The highest BCUT2D eigenvalue weighted by Gasteiger charge is 2.39. The Kier molecular flexibility index (Phi) is 29.3. The minimum Gasteiger partial charge on any atom is -0.463 e. The topological polar surface area (TPSA) is 213 Å². The third kappa shape index (κ3) is 19.9. The van der Waals surface area contributed by atoms with Gasteiger partial charge in [0.05, 0.1) is 43.7 Å². The maximum absolute atomic E-state index is 11.1. The molecule has 13 nitrogen and oxygen atoms in total. The molecule has 3 rings (SSSR count). The van der Waals surface area contributed by atoms with Crippen molar-refractivity contribution in [2.75, 3.05) is 33.2 Å². The zero-order chi connectivity index (χ0) is 35.1. The van der Waals surface area contributed by atoms with Crippen molar-refractivity contribution in [3.8, 4) is 0 Å². The fourth-order valence-electron chi connectivity index (χ4n) is 7.76. The minimum absolute atomic E-state index is 0. The lowest BCUT2D eigenvalue weighted by atomic mass is 9.71. The van der Waals surface area contributed by atoms with Crippen LogP contribution in [0.1, 0.15) is 129 Å². The number of hydrogen-bond donors (Lipinski definition) is 1. The molecule has 0 amide bonds. The van der Waals surface area contributed by atoms with Gasteiger partial charge >= 0.3 is 11.9 Å². The average molecular weight is 749 g/mol. The van der Waals surface area contributed by atoms with Gasteiger partial charge in [-0.15, -0.1) is 0 Å². The molecule has 0 radical (unpaired) electrons. The molecular formula is C39H72O13. The number of carbonyl (C=O) groups is 2. The standard InChI is InChI=1S/C39H66O10.3H2O/c1-4-37(40)45-26-12-8-6-10-24-43-33-17-14-31(15-18-33)39(49-42)32-16-23-36(30(3)28-32)48-29-47-35-21-19-34(20-22-35)44-25-11-7-9-13-27-46-38(41)5-2;;;/h4-5,30-36,39,42H,1-2,6-29H2,3H3;3*1H2. The summed E-state index contributed by atoms with van der Waals surface area (Å²) in [5.74, 6) is 0.381. The first-order valence-electron chi connectivity index (χ1n) is 19.3. The van der Waals surface area contributed by atoms with Gasteiger partial charge in [0.1, 0.15) is 6.79 Å². The zero-order valence-electron chi connectivity index (χ0n) is 31.8. The highest BCUT2D eigenvalue weighted by Crippen LogP contribution is 2.40. The van der Waals surface area contributed by atoms with E-state index in [1.807, 2.05) is 0 Å². The number of esters is 2. The van der Waals surface area contributed by atoms with Crippen LogP contribution in [0.2, 0.25) is 0 Å². The second-order valence-corrected chi connectivity index (χ2v) is 14.4. The van der Waals surface area contributed by atoms with Gasteiger partial charge in [0.2, 0.25) is 0 Å². The van der Waals surface area contributed by atoms with Crippen LogP contribution in [0.15, 0.2) is 25.3 Å². The fraction of sp³-hybridized carbons (Fsp3) is 0.846. The Morgan fingerprint density at radius 2 is 1.02 bits per heavy atom. The molecule has 52 heavy (non-hydrogen) atoms. The molecule has 0 bridgehead atoms. The molecule has 3 fully saturated rings. The summed E-state index contributed by atoms with van der Waals surface area (Å²) in [6, 6.07) is 0. The minimum atomic E-state index is -0.357. The van der Waals surface area contributed by atoms with Crippen LogP contribution in [0.4, 0.5) is 0 Å². The summed E-state index contributed by atoms with van der Waals surface area (Å²) in [5, 5.41) is 9.94. The Hall–Kier alpha value is -1.94. The Morgan fingerprint density at radius 3 is 1.46 bits per heavy atom. The smallest absolute Gasteiger partial charge is 0.330 e. The normalized spacial score (nSPS) is 26.4. The van der Waals surface area contributed by atoms with Crippen LogP contribution < -0.4 is 0 Å². The molecule has 0 aromatic rings. The molecule has 4 atom stereocenters. The van der Waals surface area contributed by atoms with E-state index in [1.165, 1.54) is 12.2 Å². The lowest BCUT2D eigenvalue weighted by Gasteiger charge is -2.41. The highest BCUT2D eigenvalue weighted by atomic mass is 17.1. The van der Waals surface area contributed by atoms with Crippen LogP contribution in [0.3, 0.4) is 0 Å². The van der Waals surface area contributed by atoms with Gasteiger partial charge < -0.3 is 44.8 Å². The summed E-state index contributed by atoms with van der Waals surface area (Å²) >= 11 is 0. The SMILES string of the molecule is C=CC(=O)OCCCCCCOC1CCC(OCOC2CCC(C(OO)C3CCC(OCCCCCCOC(=O)C=C)CC3)CC2C)CC1.O.O.O. The van der Waals surface area contributed by atoms with Gasteiger partial charge in [-0.25, -0.2) is 14.5 Å². The number of rotatable bonds is 25. The second kappa shape index (κ2) is 30.4. The van der Waals surface area contributed by atoms with E-state index in [1.54, 1.807) is 0 Å². The maximum atomic E-state index is 11.1. The van der Waals surface area contributed by atoms with Crippen LogP contribution in [0.5, 0.6) is 0 Å². The molecular weight excluding hydrogens is 676 g/mol. The van der Waals surface area contributed by atoms with Gasteiger partial charge in [-0.3, -0.25) is 5.26 Å². The Morgan fingerprint density at radius 1 is 0.596 bits per heavy atom. The summed E-state index contributed by atoms with van der Waals surface area (Å²) in [6.45, 7) is 11.9. The van der Waals surface area contributed by atoms with Crippen molar-refractivity contribution in [1.29, 1.82) is 0 Å². The fourth-order valence-corrected chi connectivity index (χ4v) is 7.76. The summed E-state index contributed by atoms with van der Waals surface area (Å²) in [7, 11) is 0. The van der Waals surface area contributed by atoms with Crippen LogP contribution in [0, 0.1) is 17.8 Å². The zero-order valence-corrected chi connectivity index (χ0v) is 31.8. The summed E-state index contributed by atoms with van der Waals surface area (Å²) in [5.41, 5.74) is 0. The molecule has 306 valence electrons. The van der Waals surface area contributed by atoms with Crippen LogP contribution in [0.25, 0.3) is 0 Å². The van der Waals surface area contributed by atoms with Crippen molar-refractivity contribution in [2.45, 2.75) is 159 Å². The average Bonchev–Trinajstić information content (AvgIpc) is 3.12. The number of hydrogen-bond acceptors (Lipinski definition) is 10. The molecule has 3 aliphatic rings. The van der Waals surface area contributed by atoms with E-state index in [9.17, 15) is 14.8 Å². The highest BCUT2D eigenvalue weighted by molar-refractivity contribution is 5.81. The van der Waals surface area contributed by atoms with Gasteiger partial charge in [0, 0.05) is 25.4 Å². The van der Waals surface area contributed by atoms with Crippen molar-refractivity contribution < 1.29 is 64.6 Å². The van der Waals surface area contributed by atoms with E-state index >= 15 is 0 Å². The predicted octanol–water partition coefficient (Wildman–Crippen LogP) is 5.65. The first-order valence-corrected chi connectivity index (χ1v) is 19.3. The number of carbonyl (C=O) groups excluding carboxylic acids is 2. The van der Waals surface area contributed by atoms with Crippen molar-refractivity contribution in [3.05, 3.63) is 25.3 Å². The summed E-state index contributed by atoms with van der Waals surface area (Å²) in [4.78, 5) is 27.3. The van der Waals surface area contributed by atoms with Crippen LogP contribution in [-0.4, -0.2) is 97.4 Å². The molecule has 0 saturated heterocycles. The number of unbranched alkanes of at least 4 members (excludes halogenated alkanes) is 6. The predicted molar refractivity (Wildman–Crippen MR) is 199 cm³/mol. The first kappa shape index (κ1) is 50.1. The largest absolute Gasteiger partial charge is 0.463 e. The summed E-state index contributed by atoms with van der Waals surface area (Å²) in [6.07, 6.45) is 22.4. The molecule has 3 aliphatic carbocycles. The maximum Gasteiger partial charge on any atom is 0.330 e. The first-order chi connectivity index (χ1) is 23.9. The molecule has 0 aromatic carbocycles. The molecule has 13 heteroatoms. The van der Waals surface area contributed by atoms with Crippen LogP contribution >= 0.6 is 0 Å². The van der Waals surface area contributed by atoms with E-state index in [0.29, 0.717) is 50.0 Å². The number of ether oxygens (including phenoxy) is 6. The van der Waals surface area contributed by atoms with E-state index in [-0.39, 0.29) is 46.7 Å². The molecule has 4 unspecified atom stereocenters. The van der Waals surface area contributed by atoms with Gasteiger partial charge in [-0.2, -0.15) is 0 Å². The summed E-state index contributed by atoms with van der Waals surface area (Å²) < 4.78 is 34.7. The van der Waals surface area contributed by atoms with Gasteiger partial charge in [-0.1, -0.05) is 32.9 Å². The molecule has 0 spiro atoms. The third-order valence-electron chi connectivity index (χ3n) is 10.7. The van der Waals surface area contributed by atoms with E-state index in [2.05, 4.69) is 20.1 Å². The Balaban J connectivity index is 0.00000867. The van der Waals surface area contributed by atoms with Gasteiger partial charge in [0.25, 0.3) is 0 Å². The lowest BCUT2D eigenvalue weighted by Crippen LogP contribution is -2.41. The van der Waals surface area contributed by atoms with E-state index in [0.717, 1.165) is 135 Å². The molecule has 0 aromatic heterocycles. The van der Waals surface area contributed by atoms with Gasteiger partial charge in [0.15, 0.2) is 0 Å². The van der Waals surface area contributed by atoms with E-state index in [4.69, 9.17) is 33.3 Å². The molecule has 7 N–H and O–H groups in total.